The fraction of sp³-hybridized carbons (Fsp3) is 0.0426. The minimum absolute atomic E-state index is 0.144. The van der Waals surface area contributed by atoms with Crippen LogP contribution in [-0.2, 0) is 0 Å². The average molecular weight is 668 g/mol. The highest BCUT2D eigenvalue weighted by atomic mass is 16.3. The molecule has 1 aliphatic rings. The van der Waals surface area contributed by atoms with Crippen molar-refractivity contribution in [2.45, 2.75) is 12.3 Å². The summed E-state index contributed by atoms with van der Waals surface area (Å²) < 4.78 is 13.3. The standard InChI is InChI=1S/C47H29N3O2/c1-2-13-28(14-3-1)45-48-46(50-47(49-45)39-27-29-15-4-5-16-30(29)31-17-6-7-18-32(31)39)38-24-12-26-41-42(38)37-23-11-22-36(44(37)52-41)35-21-10-20-34-33-19-8-9-25-40(33)51-43(34)35/h1-23,25-27,38H,24H2. The number of hydrogen-bond donors (Lipinski definition) is 0. The second-order valence-electron chi connectivity index (χ2n) is 13.4. The van der Waals surface area contributed by atoms with Crippen LogP contribution in [0.15, 0.2) is 161 Å². The molecule has 0 saturated heterocycles. The first-order valence-electron chi connectivity index (χ1n) is 17.6. The van der Waals surface area contributed by atoms with Gasteiger partial charge in [-0.1, -0.05) is 140 Å². The number of hydrogen-bond acceptors (Lipinski definition) is 5. The van der Waals surface area contributed by atoms with Gasteiger partial charge in [0, 0.05) is 44.0 Å². The molecule has 3 aromatic heterocycles. The van der Waals surface area contributed by atoms with Gasteiger partial charge in [0.2, 0.25) is 0 Å². The van der Waals surface area contributed by atoms with Gasteiger partial charge in [-0.3, -0.25) is 0 Å². The van der Waals surface area contributed by atoms with E-state index in [0.717, 1.165) is 89.5 Å². The lowest BCUT2D eigenvalue weighted by molar-refractivity contribution is 0.586. The van der Waals surface area contributed by atoms with Gasteiger partial charge in [-0.15, -0.1) is 0 Å². The molecule has 52 heavy (non-hydrogen) atoms. The van der Waals surface area contributed by atoms with E-state index in [9.17, 15) is 0 Å². The molecule has 5 nitrogen and oxygen atoms in total. The highest BCUT2D eigenvalue weighted by molar-refractivity contribution is 6.14. The average Bonchev–Trinajstić information content (AvgIpc) is 3.80. The Morgan fingerprint density at radius 1 is 0.481 bits per heavy atom. The number of furan rings is 2. The van der Waals surface area contributed by atoms with Crippen LogP contribution in [0.3, 0.4) is 0 Å². The topological polar surface area (TPSA) is 65.0 Å². The quantitative estimate of drug-likeness (QED) is 0.175. The van der Waals surface area contributed by atoms with Crippen LogP contribution in [-0.4, -0.2) is 15.0 Å². The first-order chi connectivity index (χ1) is 25.8. The summed E-state index contributed by atoms with van der Waals surface area (Å²) in [6, 6.07) is 50.4. The summed E-state index contributed by atoms with van der Waals surface area (Å²) in [6.45, 7) is 0. The van der Waals surface area contributed by atoms with Crippen LogP contribution >= 0.6 is 0 Å². The maximum absolute atomic E-state index is 6.79. The highest BCUT2D eigenvalue weighted by Crippen LogP contribution is 2.46. The number of fused-ring (bicyclic) bond motifs is 9. The van der Waals surface area contributed by atoms with E-state index in [-0.39, 0.29) is 5.92 Å². The van der Waals surface area contributed by atoms with Gasteiger partial charge in [-0.05, 0) is 46.2 Å². The fourth-order valence-corrected chi connectivity index (χ4v) is 8.10. The van der Waals surface area contributed by atoms with Crippen molar-refractivity contribution in [1.29, 1.82) is 0 Å². The molecule has 244 valence electrons. The third kappa shape index (κ3) is 4.39. The zero-order valence-electron chi connectivity index (χ0n) is 28.0. The van der Waals surface area contributed by atoms with Gasteiger partial charge < -0.3 is 8.83 Å². The molecule has 0 N–H and O–H groups in total. The smallest absolute Gasteiger partial charge is 0.164 e. The lowest BCUT2D eigenvalue weighted by atomic mass is 9.87. The van der Waals surface area contributed by atoms with Crippen molar-refractivity contribution in [1.82, 2.24) is 15.0 Å². The molecule has 0 aliphatic heterocycles. The summed E-state index contributed by atoms with van der Waals surface area (Å²) >= 11 is 0. The Bertz CT molecular complexity index is 3060. The van der Waals surface area contributed by atoms with Gasteiger partial charge in [-0.2, -0.15) is 0 Å². The summed E-state index contributed by atoms with van der Waals surface area (Å²) in [7, 11) is 0. The van der Waals surface area contributed by atoms with Crippen molar-refractivity contribution in [3.63, 3.8) is 0 Å². The minimum Gasteiger partial charge on any atom is -0.456 e. The number of para-hydroxylation sites is 3. The molecule has 1 aliphatic carbocycles. The number of nitrogens with zero attached hydrogens (tertiary/aromatic N) is 3. The van der Waals surface area contributed by atoms with Crippen LogP contribution in [0.1, 0.15) is 29.5 Å². The Balaban J connectivity index is 1.13. The number of benzene rings is 7. The second kappa shape index (κ2) is 11.3. The summed E-state index contributed by atoms with van der Waals surface area (Å²) in [5.74, 6) is 2.72. The largest absolute Gasteiger partial charge is 0.456 e. The zero-order valence-corrected chi connectivity index (χ0v) is 28.0. The Labute approximate surface area is 298 Å². The molecule has 5 heteroatoms. The predicted molar refractivity (Wildman–Crippen MR) is 210 cm³/mol. The number of rotatable bonds is 4. The highest BCUT2D eigenvalue weighted by Gasteiger charge is 2.30. The Hall–Kier alpha value is -6.85. The molecule has 0 radical (unpaired) electrons. The van der Waals surface area contributed by atoms with Gasteiger partial charge in [0.25, 0.3) is 0 Å². The van der Waals surface area contributed by atoms with Gasteiger partial charge in [0.05, 0.1) is 5.92 Å². The first-order valence-corrected chi connectivity index (χ1v) is 17.6. The summed E-state index contributed by atoms with van der Waals surface area (Å²) in [5, 5.41) is 7.89. The van der Waals surface area contributed by atoms with Crippen molar-refractivity contribution < 1.29 is 8.83 Å². The molecule has 11 rings (SSSR count). The van der Waals surface area contributed by atoms with Crippen LogP contribution in [0.2, 0.25) is 0 Å². The lowest BCUT2D eigenvalue weighted by Gasteiger charge is -2.19. The Kier molecular flexibility index (Phi) is 6.31. The van der Waals surface area contributed by atoms with Crippen LogP contribution in [0.5, 0.6) is 0 Å². The second-order valence-corrected chi connectivity index (χ2v) is 13.4. The van der Waals surface area contributed by atoms with E-state index in [2.05, 4.69) is 127 Å². The maximum atomic E-state index is 6.79. The molecule has 7 aromatic carbocycles. The van der Waals surface area contributed by atoms with E-state index >= 15 is 0 Å². The third-order valence-corrected chi connectivity index (χ3v) is 10.5. The number of allylic oxidation sites excluding steroid dienone is 1. The molecule has 0 spiro atoms. The van der Waals surface area contributed by atoms with Gasteiger partial charge >= 0.3 is 0 Å². The molecule has 1 atom stereocenters. The van der Waals surface area contributed by atoms with Gasteiger partial charge in [-0.25, -0.2) is 15.0 Å². The SMILES string of the molecule is C1=Cc2oc3c(-c4cccc5c4oc4ccccc45)cccc3c2C(c2nc(-c3ccccc3)nc(-c3cc4ccccc4c4ccccc34)n2)C1. The van der Waals surface area contributed by atoms with E-state index in [1.807, 2.05) is 30.3 Å². The van der Waals surface area contributed by atoms with Crippen molar-refractivity contribution in [3.05, 3.63) is 169 Å². The maximum Gasteiger partial charge on any atom is 0.164 e. The third-order valence-electron chi connectivity index (χ3n) is 10.5. The Morgan fingerprint density at radius 3 is 1.98 bits per heavy atom. The molecular weight excluding hydrogens is 639 g/mol. The van der Waals surface area contributed by atoms with E-state index in [4.69, 9.17) is 23.8 Å². The van der Waals surface area contributed by atoms with Crippen molar-refractivity contribution in [2.24, 2.45) is 0 Å². The minimum atomic E-state index is -0.144. The summed E-state index contributed by atoms with van der Waals surface area (Å²) in [4.78, 5) is 15.7. The Morgan fingerprint density at radius 2 is 1.13 bits per heavy atom. The van der Waals surface area contributed by atoms with Crippen LogP contribution in [0, 0.1) is 0 Å². The van der Waals surface area contributed by atoms with Gasteiger partial charge in [0.15, 0.2) is 11.6 Å². The van der Waals surface area contributed by atoms with Gasteiger partial charge in [0.1, 0.15) is 28.3 Å². The molecule has 3 heterocycles. The molecule has 0 bridgehead atoms. The predicted octanol–water partition coefficient (Wildman–Crippen LogP) is 12.4. The molecular formula is C47H29N3O2. The fourth-order valence-electron chi connectivity index (χ4n) is 8.10. The lowest BCUT2D eigenvalue weighted by Crippen LogP contribution is -2.11. The monoisotopic (exact) mass is 667 g/mol. The normalized spacial score (nSPS) is 14.2. The molecule has 10 aromatic rings. The van der Waals surface area contributed by atoms with E-state index in [1.165, 1.54) is 10.8 Å². The van der Waals surface area contributed by atoms with E-state index < -0.39 is 0 Å². The van der Waals surface area contributed by atoms with Crippen molar-refractivity contribution in [2.75, 3.05) is 0 Å². The van der Waals surface area contributed by atoms with E-state index in [0.29, 0.717) is 11.6 Å². The molecule has 1 unspecified atom stereocenters. The molecule has 0 fully saturated rings. The summed E-state index contributed by atoms with van der Waals surface area (Å²) in [5.41, 5.74) is 7.58. The first kappa shape index (κ1) is 28.9. The molecule has 0 saturated carbocycles. The summed E-state index contributed by atoms with van der Waals surface area (Å²) in [6.07, 6.45) is 5.00. The van der Waals surface area contributed by atoms with Crippen LogP contribution in [0.25, 0.3) is 94.4 Å². The number of aromatic nitrogens is 3. The van der Waals surface area contributed by atoms with Crippen molar-refractivity contribution in [3.8, 4) is 33.9 Å². The zero-order chi connectivity index (χ0) is 34.2. The molecule has 0 amide bonds. The van der Waals surface area contributed by atoms with Crippen molar-refractivity contribution >= 4 is 60.5 Å². The van der Waals surface area contributed by atoms with Crippen LogP contribution in [0.4, 0.5) is 0 Å². The van der Waals surface area contributed by atoms with E-state index in [1.54, 1.807) is 0 Å². The van der Waals surface area contributed by atoms with Crippen LogP contribution < -0.4 is 0 Å².